The van der Waals surface area contributed by atoms with Crippen molar-refractivity contribution in [2.45, 2.75) is 13.3 Å². The van der Waals surface area contributed by atoms with Gasteiger partial charge >= 0.3 is 0 Å². The second-order valence-electron chi connectivity index (χ2n) is 2.50. The Kier molecular flexibility index (Phi) is 2.83. The van der Waals surface area contributed by atoms with Gasteiger partial charge in [0.15, 0.2) is 0 Å². The van der Waals surface area contributed by atoms with Gasteiger partial charge in [-0.25, -0.2) is 4.39 Å². The summed E-state index contributed by atoms with van der Waals surface area (Å²) < 4.78 is 13.6. The van der Waals surface area contributed by atoms with Crippen LogP contribution < -0.4 is 0 Å². The second kappa shape index (κ2) is 3.68. The van der Waals surface area contributed by atoms with Crippen LogP contribution >= 0.6 is 15.9 Å². The van der Waals surface area contributed by atoms with E-state index >= 15 is 0 Å². The van der Waals surface area contributed by atoms with Gasteiger partial charge < -0.3 is 0 Å². The van der Waals surface area contributed by atoms with Crippen LogP contribution in [-0.4, -0.2) is 0 Å². The number of hydrogen-bond donors (Lipinski definition) is 0. The largest absolute Gasteiger partial charge is 0.205 e. The van der Waals surface area contributed by atoms with Gasteiger partial charge in [0.05, 0.1) is 17.0 Å². The number of hydrogen-bond acceptors (Lipinski definition) is 1. The van der Waals surface area contributed by atoms with Crippen LogP contribution in [0.5, 0.6) is 0 Å². The Balaban J connectivity index is 3.19. The maximum absolute atomic E-state index is 13.2. The van der Waals surface area contributed by atoms with Crippen LogP contribution in [0.15, 0.2) is 16.6 Å². The number of halogens is 2. The lowest BCUT2D eigenvalue weighted by Gasteiger charge is -2.02. The van der Waals surface area contributed by atoms with Crippen molar-refractivity contribution in [3.63, 3.8) is 0 Å². The molecular formula is C9H7BrFN. The zero-order chi connectivity index (χ0) is 9.14. The molecule has 0 N–H and O–H groups in total. The molecule has 1 aromatic carbocycles. The lowest BCUT2D eigenvalue weighted by molar-refractivity contribution is 0.609. The molecular weight excluding hydrogens is 221 g/mol. The van der Waals surface area contributed by atoms with E-state index in [-0.39, 0.29) is 12.2 Å². The van der Waals surface area contributed by atoms with Crippen LogP contribution in [0.3, 0.4) is 0 Å². The molecule has 0 heterocycles. The number of benzene rings is 1. The molecule has 0 saturated heterocycles. The summed E-state index contributed by atoms with van der Waals surface area (Å²) in [6.07, 6.45) is 0.234. The molecule has 1 aromatic rings. The average Bonchev–Trinajstić information content (AvgIpc) is 2.07. The fraction of sp³-hybridized carbons (Fsp3) is 0.222. The minimum Gasteiger partial charge on any atom is -0.205 e. The molecule has 0 saturated carbocycles. The predicted octanol–water partition coefficient (Wildman–Crippen LogP) is 2.96. The predicted molar refractivity (Wildman–Crippen MR) is 48.2 cm³/mol. The summed E-state index contributed by atoms with van der Waals surface area (Å²) >= 11 is 3.11. The van der Waals surface area contributed by atoms with E-state index in [0.717, 1.165) is 0 Å². The van der Waals surface area contributed by atoms with Crippen molar-refractivity contribution in [3.05, 3.63) is 33.5 Å². The number of aryl methyl sites for hydroxylation is 1. The minimum absolute atomic E-state index is 0.234. The summed E-state index contributed by atoms with van der Waals surface area (Å²) in [6, 6.07) is 5.40. The van der Waals surface area contributed by atoms with Crippen molar-refractivity contribution in [2.75, 3.05) is 0 Å². The molecule has 12 heavy (non-hydrogen) atoms. The van der Waals surface area contributed by atoms with E-state index in [9.17, 15) is 4.39 Å². The van der Waals surface area contributed by atoms with E-state index in [0.29, 0.717) is 15.6 Å². The summed E-state index contributed by atoms with van der Waals surface area (Å²) in [7, 11) is 0. The first-order valence-electron chi connectivity index (χ1n) is 3.47. The van der Waals surface area contributed by atoms with Gasteiger partial charge in [0.2, 0.25) is 0 Å². The molecule has 1 rings (SSSR count). The average molecular weight is 228 g/mol. The van der Waals surface area contributed by atoms with Gasteiger partial charge in [-0.15, -0.1) is 0 Å². The van der Waals surface area contributed by atoms with Crippen LogP contribution in [0.1, 0.15) is 11.1 Å². The first-order valence-corrected chi connectivity index (χ1v) is 4.26. The van der Waals surface area contributed by atoms with Crippen LogP contribution in [0.25, 0.3) is 0 Å². The zero-order valence-corrected chi connectivity index (χ0v) is 8.15. The quantitative estimate of drug-likeness (QED) is 0.724. The third-order valence-electron chi connectivity index (χ3n) is 1.62. The lowest BCUT2D eigenvalue weighted by atomic mass is 10.1. The van der Waals surface area contributed by atoms with E-state index in [1.807, 2.05) is 6.07 Å². The molecule has 0 aliphatic heterocycles. The highest BCUT2D eigenvalue weighted by Gasteiger charge is 2.07. The Bertz CT molecular complexity index is 341. The molecule has 0 fully saturated rings. The standard InChI is InChI=1S/C9H7BrFN/c1-6-2-3-7(4-5-12)8(10)9(6)11/h2-3H,4H2,1H3. The molecule has 0 amide bonds. The van der Waals surface area contributed by atoms with Crippen molar-refractivity contribution in [1.29, 1.82) is 5.26 Å². The number of nitriles is 1. The normalized spacial score (nSPS) is 9.50. The highest BCUT2D eigenvalue weighted by molar-refractivity contribution is 9.10. The monoisotopic (exact) mass is 227 g/mol. The molecule has 3 heteroatoms. The molecule has 0 spiro atoms. The van der Waals surface area contributed by atoms with Crippen molar-refractivity contribution in [2.24, 2.45) is 0 Å². The minimum atomic E-state index is -0.275. The zero-order valence-electron chi connectivity index (χ0n) is 6.56. The van der Waals surface area contributed by atoms with E-state index in [1.54, 1.807) is 19.1 Å². The van der Waals surface area contributed by atoms with Gasteiger partial charge in [-0.2, -0.15) is 5.26 Å². The fourth-order valence-electron chi connectivity index (χ4n) is 0.908. The van der Waals surface area contributed by atoms with E-state index in [1.165, 1.54) is 0 Å². The smallest absolute Gasteiger partial charge is 0.140 e. The summed E-state index contributed by atoms with van der Waals surface area (Å²) in [4.78, 5) is 0. The van der Waals surface area contributed by atoms with Crippen LogP contribution in [0, 0.1) is 24.1 Å². The third kappa shape index (κ3) is 1.64. The fourth-order valence-corrected chi connectivity index (χ4v) is 1.49. The Morgan fingerprint density at radius 2 is 2.25 bits per heavy atom. The van der Waals surface area contributed by atoms with Gasteiger partial charge in [0, 0.05) is 0 Å². The number of nitrogens with zero attached hydrogens (tertiary/aromatic N) is 1. The van der Waals surface area contributed by atoms with Crippen LogP contribution in [0.2, 0.25) is 0 Å². The highest BCUT2D eigenvalue weighted by atomic mass is 79.9. The number of rotatable bonds is 1. The Morgan fingerprint density at radius 1 is 1.58 bits per heavy atom. The van der Waals surface area contributed by atoms with Crippen LogP contribution in [-0.2, 0) is 6.42 Å². The van der Waals surface area contributed by atoms with Gasteiger partial charge in [0.1, 0.15) is 5.82 Å². The van der Waals surface area contributed by atoms with Crippen molar-refractivity contribution < 1.29 is 4.39 Å². The molecule has 0 unspecified atom stereocenters. The van der Waals surface area contributed by atoms with Crippen molar-refractivity contribution >= 4 is 15.9 Å². The lowest BCUT2D eigenvalue weighted by Crippen LogP contribution is -1.90. The topological polar surface area (TPSA) is 23.8 Å². The van der Waals surface area contributed by atoms with E-state index in [4.69, 9.17) is 5.26 Å². The Labute approximate surface area is 79.0 Å². The molecule has 0 atom stereocenters. The molecule has 0 aromatic heterocycles. The van der Waals surface area contributed by atoms with Crippen molar-refractivity contribution in [3.8, 4) is 6.07 Å². The van der Waals surface area contributed by atoms with Crippen molar-refractivity contribution in [1.82, 2.24) is 0 Å². The summed E-state index contributed by atoms with van der Waals surface area (Å²) in [5, 5.41) is 8.41. The molecule has 0 bridgehead atoms. The van der Waals surface area contributed by atoms with E-state index < -0.39 is 0 Å². The summed E-state index contributed by atoms with van der Waals surface area (Å²) in [6.45, 7) is 1.69. The van der Waals surface area contributed by atoms with Gasteiger partial charge in [0.25, 0.3) is 0 Å². The molecule has 62 valence electrons. The SMILES string of the molecule is Cc1ccc(CC#N)c(Br)c1F. The molecule has 0 radical (unpaired) electrons. The molecule has 0 aliphatic rings. The summed E-state index contributed by atoms with van der Waals surface area (Å²) in [5.74, 6) is -0.275. The molecule has 0 aliphatic carbocycles. The van der Waals surface area contributed by atoms with E-state index in [2.05, 4.69) is 15.9 Å². The summed E-state index contributed by atoms with van der Waals surface area (Å²) in [5.41, 5.74) is 1.28. The maximum Gasteiger partial charge on any atom is 0.140 e. The maximum atomic E-state index is 13.2. The molecule has 1 nitrogen and oxygen atoms in total. The second-order valence-corrected chi connectivity index (χ2v) is 3.30. The Morgan fingerprint density at radius 3 is 2.83 bits per heavy atom. The van der Waals surface area contributed by atoms with Gasteiger partial charge in [-0.3, -0.25) is 0 Å². The first-order chi connectivity index (χ1) is 5.66. The van der Waals surface area contributed by atoms with Gasteiger partial charge in [-0.05, 0) is 34.0 Å². The van der Waals surface area contributed by atoms with Crippen LogP contribution in [0.4, 0.5) is 4.39 Å². The van der Waals surface area contributed by atoms with Gasteiger partial charge in [-0.1, -0.05) is 12.1 Å². The Hall–Kier alpha value is -0.880. The first kappa shape index (κ1) is 9.21. The highest BCUT2D eigenvalue weighted by Crippen LogP contribution is 2.23. The third-order valence-corrected chi connectivity index (χ3v) is 2.48.